The molecule has 3 aromatic rings. The maximum atomic E-state index is 12.1. The quantitative estimate of drug-likeness (QED) is 0.724. The molecule has 0 atom stereocenters. The zero-order valence-corrected chi connectivity index (χ0v) is 13.2. The van der Waals surface area contributed by atoms with Gasteiger partial charge < -0.3 is 4.42 Å². The molecule has 0 bridgehead atoms. The van der Waals surface area contributed by atoms with Crippen molar-refractivity contribution in [1.29, 1.82) is 0 Å². The lowest BCUT2D eigenvalue weighted by atomic mass is 10.1. The number of carbonyl (C=O) groups is 1. The van der Waals surface area contributed by atoms with Crippen LogP contribution in [0, 0.1) is 5.92 Å². The highest BCUT2D eigenvalue weighted by Gasteiger charge is 2.30. The van der Waals surface area contributed by atoms with Crippen LogP contribution in [0.25, 0.3) is 17.1 Å². The van der Waals surface area contributed by atoms with Gasteiger partial charge in [0.15, 0.2) is 22.9 Å². The van der Waals surface area contributed by atoms with Crippen LogP contribution >= 0.6 is 0 Å². The fraction of sp³-hybridized carbons (Fsp3) is 0.412. The normalized spacial score (nSPS) is 14.7. The molecule has 3 aromatic heterocycles. The third-order valence-corrected chi connectivity index (χ3v) is 4.05. The van der Waals surface area contributed by atoms with Crippen molar-refractivity contribution >= 4 is 11.4 Å². The first-order valence-electron chi connectivity index (χ1n) is 7.94. The van der Waals surface area contributed by atoms with E-state index in [1.54, 1.807) is 17.0 Å². The summed E-state index contributed by atoms with van der Waals surface area (Å²) >= 11 is 0. The van der Waals surface area contributed by atoms with Gasteiger partial charge in [-0.25, -0.2) is 14.5 Å². The second-order valence-electron chi connectivity index (χ2n) is 6.37. The highest BCUT2D eigenvalue weighted by atomic mass is 16.3. The molecule has 0 unspecified atom stereocenters. The molecule has 23 heavy (non-hydrogen) atoms. The Labute approximate surface area is 133 Å². The molecule has 0 aliphatic heterocycles. The number of nitrogens with zero attached hydrogens (tertiary/aromatic N) is 4. The molecule has 0 N–H and O–H groups in total. The molecule has 0 spiro atoms. The zero-order chi connectivity index (χ0) is 16.0. The van der Waals surface area contributed by atoms with Crippen LogP contribution in [-0.2, 0) is 11.2 Å². The lowest BCUT2D eigenvalue weighted by Crippen LogP contribution is -2.08. The number of furan rings is 1. The molecule has 0 amide bonds. The molecule has 1 saturated carbocycles. The van der Waals surface area contributed by atoms with Crippen molar-refractivity contribution < 1.29 is 9.21 Å². The molecular formula is C17H18N4O2. The van der Waals surface area contributed by atoms with Crippen molar-refractivity contribution in [2.45, 2.75) is 39.0 Å². The van der Waals surface area contributed by atoms with E-state index in [0.717, 1.165) is 18.7 Å². The van der Waals surface area contributed by atoms with Gasteiger partial charge >= 0.3 is 0 Å². The van der Waals surface area contributed by atoms with E-state index in [9.17, 15) is 4.79 Å². The molecule has 0 saturated heterocycles. The summed E-state index contributed by atoms with van der Waals surface area (Å²) in [7, 11) is 0. The van der Waals surface area contributed by atoms with Crippen LogP contribution in [0.15, 0.2) is 29.0 Å². The Morgan fingerprint density at radius 2 is 2.22 bits per heavy atom. The van der Waals surface area contributed by atoms with Gasteiger partial charge in [0.05, 0.1) is 24.6 Å². The monoisotopic (exact) mass is 310 g/mol. The summed E-state index contributed by atoms with van der Waals surface area (Å²) < 4.78 is 7.21. The van der Waals surface area contributed by atoms with Crippen LogP contribution in [0.1, 0.15) is 44.1 Å². The topological polar surface area (TPSA) is 73.3 Å². The fourth-order valence-electron chi connectivity index (χ4n) is 2.59. The summed E-state index contributed by atoms with van der Waals surface area (Å²) in [4.78, 5) is 21.3. The van der Waals surface area contributed by atoms with E-state index in [2.05, 4.69) is 15.1 Å². The summed E-state index contributed by atoms with van der Waals surface area (Å²) in [6, 6.07) is 3.66. The first kappa shape index (κ1) is 14.1. The van der Waals surface area contributed by atoms with E-state index in [1.165, 1.54) is 0 Å². The van der Waals surface area contributed by atoms with E-state index >= 15 is 0 Å². The van der Waals surface area contributed by atoms with E-state index < -0.39 is 0 Å². The number of fused-ring (bicyclic) bond motifs is 1. The molecule has 0 aromatic carbocycles. The van der Waals surface area contributed by atoms with Gasteiger partial charge in [0, 0.05) is 11.8 Å². The minimum absolute atomic E-state index is 0.218. The number of ketones is 1. The Kier molecular flexibility index (Phi) is 3.25. The molecule has 3 heterocycles. The molecule has 1 aliphatic rings. The van der Waals surface area contributed by atoms with Gasteiger partial charge in [-0.15, -0.1) is 0 Å². The number of Topliss-reactive ketones (excluding diaryl/α,β-unsaturated/α-hetero) is 1. The van der Waals surface area contributed by atoms with Crippen molar-refractivity contribution in [3.8, 4) is 11.5 Å². The minimum Gasteiger partial charge on any atom is -0.463 e. The first-order chi connectivity index (χ1) is 11.1. The molecule has 1 aliphatic carbocycles. The largest absolute Gasteiger partial charge is 0.463 e. The third kappa shape index (κ3) is 2.65. The second-order valence-corrected chi connectivity index (χ2v) is 6.37. The zero-order valence-electron chi connectivity index (χ0n) is 13.2. The van der Waals surface area contributed by atoms with E-state index in [-0.39, 0.29) is 17.6 Å². The van der Waals surface area contributed by atoms with Crippen molar-refractivity contribution in [3.63, 3.8) is 0 Å². The summed E-state index contributed by atoms with van der Waals surface area (Å²) in [5, 5.41) is 4.52. The molecule has 1 fully saturated rings. The predicted molar refractivity (Wildman–Crippen MR) is 84.0 cm³/mol. The number of hydrogen-bond donors (Lipinski definition) is 0. The summed E-state index contributed by atoms with van der Waals surface area (Å²) in [6.07, 6.45) is 5.77. The Balaban J connectivity index is 1.83. The lowest BCUT2D eigenvalue weighted by molar-refractivity contribution is -0.119. The van der Waals surface area contributed by atoms with Gasteiger partial charge in [-0.05, 0) is 25.0 Å². The van der Waals surface area contributed by atoms with Gasteiger partial charge in [0.25, 0.3) is 0 Å². The maximum absolute atomic E-state index is 12.1. The number of aromatic nitrogens is 4. The van der Waals surface area contributed by atoms with Crippen LogP contribution in [-0.4, -0.2) is 25.4 Å². The average Bonchev–Trinajstić information content (AvgIpc) is 3.07. The Bertz CT molecular complexity index is 860. The highest BCUT2D eigenvalue weighted by Crippen LogP contribution is 2.31. The number of hydrogen-bond acceptors (Lipinski definition) is 5. The van der Waals surface area contributed by atoms with Crippen molar-refractivity contribution in [2.75, 3.05) is 0 Å². The average molecular weight is 310 g/mol. The molecule has 6 heteroatoms. The summed E-state index contributed by atoms with van der Waals surface area (Å²) in [5.74, 6) is 2.09. The van der Waals surface area contributed by atoms with Gasteiger partial charge in [-0.3, -0.25) is 4.79 Å². The van der Waals surface area contributed by atoms with Crippen molar-refractivity contribution in [2.24, 2.45) is 5.92 Å². The minimum atomic E-state index is 0.218. The summed E-state index contributed by atoms with van der Waals surface area (Å²) in [6.45, 7) is 4.10. The number of rotatable bonds is 5. The van der Waals surface area contributed by atoms with Crippen LogP contribution in [0.4, 0.5) is 0 Å². The van der Waals surface area contributed by atoms with Crippen LogP contribution in [0.5, 0.6) is 0 Å². The van der Waals surface area contributed by atoms with E-state index in [0.29, 0.717) is 29.2 Å². The van der Waals surface area contributed by atoms with E-state index in [4.69, 9.17) is 4.42 Å². The third-order valence-electron chi connectivity index (χ3n) is 4.05. The van der Waals surface area contributed by atoms with Crippen LogP contribution in [0.2, 0.25) is 0 Å². The van der Waals surface area contributed by atoms with Gasteiger partial charge in [0.1, 0.15) is 5.78 Å². The highest BCUT2D eigenvalue weighted by molar-refractivity contribution is 5.85. The Hall–Kier alpha value is -2.50. The van der Waals surface area contributed by atoms with Crippen LogP contribution in [0.3, 0.4) is 0 Å². The standard InChI is InChI=1S/C17H18N4O2/c1-10(2)16-19-17-15(14-4-3-7-23-14)18-12(9-21(17)20-16)8-13(22)11-5-6-11/h3-4,7,9-11H,5-6,8H2,1-2H3. The smallest absolute Gasteiger partial charge is 0.185 e. The lowest BCUT2D eigenvalue weighted by Gasteiger charge is -2.04. The van der Waals surface area contributed by atoms with Gasteiger partial charge in [-0.1, -0.05) is 13.8 Å². The molecule has 6 nitrogen and oxygen atoms in total. The predicted octanol–water partition coefficient (Wildman–Crippen LogP) is 3.03. The molecular weight excluding hydrogens is 292 g/mol. The Morgan fingerprint density at radius 3 is 2.87 bits per heavy atom. The van der Waals surface area contributed by atoms with Crippen molar-refractivity contribution in [3.05, 3.63) is 36.1 Å². The van der Waals surface area contributed by atoms with Gasteiger partial charge in [0.2, 0.25) is 0 Å². The van der Waals surface area contributed by atoms with Crippen LogP contribution < -0.4 is 0 Å². The van der Waals surface area contributed by atoms with Crippen molar-refractivity contribution in [1.82, 2.24) is 19.6 Å². The molecule has 0 radical (unpaired) electrons. The molecule has 4 rings (SSSR count). The fourth-order valence-corrected chi connectivity index (χ4v) is 2.59. The number of carbonyl (C=O) groups excluding carboxylic acids is 1. The SMILES string of the molecule is CC(C)c1nc2c(-c3ccco3)nc(CC(=O)C3CC3)cn2n1. The second kappa shape index (κ2) is 5.30. The molecule has 118 valence electrons. The summed E-state index contributed by atoms with van der Waals surface area (Å²) in [5.41, 5.74) is 2.00. The van der Waals surface area contributed by atoms with Gasteiger partial charge in [-0.2, -0.15) is 5.10 Å². The first-order valence-corrected chi connectivity index (χ1v) is 7.94. The maximum Gasteiger partial charge on any atom is 0.185 e. The Morgan fingerprint density at radius 1 is 1.39 bits per heavy atom. The van der Waals surface area contributed by atoms with E-state index in [1.807, 2.05) is 26.0 Å².